The summed E-state index contributed by atoms with van der Waals surface area (Å²) in [6, 6.07) is 20.7. The van der Waals surface area contributed by atoms with Gasteiger partial charge in [0.25, 0.3) is 0 Å². The molecule has 0 spiro atoms. The SMILES string of the molecule is CCCCC(C)OC(=O)c1ccc(N=Cc2ccc(OC(=O)c3ccc(OC)cc3)cc2)cc1. The number of hydrogen-bond donors (Lipinski definition) is 0. The zero-order valence-electron chi connectivity index (χ0n) is 19.7. The highest BCUT2D eigenvalue weighted by Gasteiger charge is 2.11. The normalized spacial score (nSPS) is 11.7. The molecule has 0 aromatic heterocycles. The van der Waals surface area contributed by atoms with Crippen molar-refractivity contribution in [1.82, 2.24) is 0 Å². The molecule has 3 aromatic carbocycles. The molecule has 1 atom stereocenters. The summed E-state index contributed by atoms with van der Waals surface area (Å²) in [5.41, 5.74) is 2.50. The average Bonchev–Trinajstić information content (AvgIpc) is 2.87. The molecule has 3 rings (SSSR count). The minimum atomic E-state index is -0.442. The highest BCUT2D eigenvalue weighted by molar-refractivity contribution is 5.91. The summed E-state index contributed by atoms with van der Waals surface area (Å²) in [5.74, 6) is 0.349. The summed E-state index contributed by atoms with van der Waals surface area (Å²) < 4.78 is 16.0. The maximum atomic E-state index is 12.3. The molecule has 3 aromatic rings. The van der Waals surface area contributed by atoms with Crippen LogP contribution in [0.15, 0.2) is 77.8 Å². The summed E-state index contributed by atoms with van der Waals surface area (Å²) in [7, 11) is 1.57. The van der Waals surface area contributed by atoms with Gasteiger partial charge in [-0.15, -0.1) is 0 Å². The Morgan fingerprint density at radius 1 is 0.853 bits per heavy atom. The fourth-order valence-electron chi connectivity index (χ4n) is 3.15. The van der Waals surface area contributed by atoms with Gasteiger partial charge in [-0.3, -0.25) is 4.99 Å². The minimum absolute atomic E-state index is 0.0939. The van der Waals surface area contributed by atoms with E-state index in [9.17, 15) is 9.59 Å². The Morgan fingerprint density at radius 3 is 2.06 bits per heavy atom. The molecule has 0 aliphatic carbocycles. The first-order valence-electron chi connectivity index (χ1n) is 11.3. The van der Waals surface area contributed by atoms with Crippen molar-refractivity contribution in [1.29, 1.82) is 0 Å². The molecule has 0 heterocycles. The molecule has 0 amide bonds. The third-order valence-corrected chi connectivity index (χ3v) is 5.15. The number of unbranched alkanes of at least 4 members (excludes halogenated alkanes) is 1. The Kier molecular flexibility index (Phi) is 8.97. The molecule has 6 nitrogen and oxygen atoms in total. The lowest BCUT2D eigenvalue weighted by molar-refractivity contribution is 0.0320. The lowest BCUT2D eigenvalue weighted by Gasteiger charge is -2.12. The summed E-state index contributed by atoms with van der Waals surface area (Å²) in [5, 5.41) is 0. The van der Waals surface area contributed by atoms with E-state index in [0.29, 0.717) is 28.3 Å². The number of ether oxygens (including phenoxy) is 3. The van der Waals surface area contributed by atoms with Crippen molar-refractivity contribution in [3.8, 4) is 11.5 Å². The molecule has 0 bridgehead atoms. The largest absolute Gasteiger partial charge is 0.497 e. The summed E-state index contributed by atoms with van der Waals surface area (Å²) >= 11 is 0. The number of esters is 2. The molecule has 0 aliphatic rings. The molecule has 176 valence electrons. The first kappa shape index (κ1) is 24.7. The van der Waals surface area contributed by atoms with Crippen LogP contribution in [0.4, 0.5) is 5.69 Å². The number of benzene rings is 3. The summed E-state index contributed by atoms with van der Waals surface area (Å²) in [6.45, 7) is 4.03. The number of nitrogens with zero attached hydrogens (tertiary/aromatic N) is 1. The third kappa shape index (κ3) is 7.30. The smallest absolute Gasteiger partial charge is 0.343 e. The van der Waals surface area contributed by atoms with Crippen LogP contribution >= 0.6 is 0 Å². The van der Waals surface area contributed by atoms with Gasteiger partial charge < -0.3 is 14.2 Å². The molecule has 0 saturated carbocycles. The van der Waals surface area contributed by atoms with Gasteiger partial charge in [0.1, 0.15) is 11.5 Å². The molecule has 0 saturated heterocycles. The van der Waals surface area contributed by atoms with Crippen molar-refractivity contribution in [2.75, 3.05) is 7.11 Å². The molecular formula is C28H29NO5. The number of carbonyl (C=O) groups excluding carboxylic acids is 2. The Morgan fingerprint density at radius 2 is 1.44 bits per heavy atom. The van der Waals surface area contributed by atoms with E-state index in [1.54, 1.807) is 74.0 Å². The number of rotatable bonds is 10. The van der Waals surface area contributed by atoms with E-state index in [-0.39, 0.29) is 12.1 Å². The quantitative estimate of drug-likeness (QED) is 0.199. The van der Waals surface area contributed by atoms with E-state index in [4.69, 9.17) is 14.2 Å². The molecule has 0 aliphatic heterocycles. The van der Waals surface area contributed by atoms with Crippen LogP contribution in [0.1, 0.15) is 59.4 Å². The zero-order valence-corrected chi connectivity index (χ0v) is 19.7. The predicted octanol–water partition coefficient (Wildman–Crippen LogP) is 6.40. The molecule has 34 heavy (non-hydrogen) atoms. The highest BCUT2D eigenvalue weighted by Crippen LogP contribution is 2.18. The van der Waals surface area contributed by atoms with Crippen molar-refractivity contribution in [3.63, 3.8) is 0 Å². The summed E-state index contributed by atoms with van der Waals surface area (Å²) in [4.78, 5) is 28.9. The molecule has 1 unspecified atom stereocenters. The van der Waals surface area contributed by atoms with E-state index in [0.717, 1.165) is 24.8 Å². The van der Waals surface area contributed by atoms with Crippen LogP contribution in [-0.2, 0) is 4.74 Å². The first-order valence-corrected chi connectivity index (χ1v) is 11.3. The maximum absolute atomic E-state index is 12.3. The maximum Gasteiger partial charge on any atom is 0.343 e. The van der Waals surface area contributed by atoms with E-state index in [1.807, 2.05) is 19.1 Å². The minimum Gasteiger partial charge on any atom is -0.497 e. The van der Waals surface area contributed by atoms with Crippen molar-refractivity contribution < 1.29 is 23.8 Å². The third-order valence-electron chi connectivity index (χ3n) is 5.15. The van der Waals surface area contributed by atoms with Gasteiger partial charge in [-0.1, -0.05) is 19.8 Å². The topological polar surface area (TPSA) is 74.2 Å². The Bertz CT molecular complexity index is 1100. The molecule has 0 radical (unpaired) electrons. The van der Waals surface area contributed by atoms with Crippen molar-refractivity contribution in [2.24, 2.45) is 4.99 Å². The Balaban J connectivity index is 1.54. The van der Waals surface area contributed by atoms with Gasteiger partial charge >= 0.3 is 11.9 Å². The van der Waals surface area contributed by atoms with E-state index in [2.05, 4.69) is 11.9 Å². The fourth-order valence-corrected chi connectivity index (χ4v) is 3.15. The van der Waals surface area contributed by atoms with Crippen LogP contribution in [0.5, 0.6) is 11.5 Å². The van der Waals surface area contributed by atoms with Crippen LogP contribution < -0.4 is 9.47 Å². The average molecular weight is 460 g/mol. The Labute approximate surface area is 200 Å². The van der Waals surface area contributed by atoms with Gasteiger partial charge in [0.2, 0.25) is 0 Å². The van der Waals surface area contributed by atoms with Crippen LogP contribution in [0.2, 0.25) is 0 Å². The van der Waals surface area contributed by atoms with E-state index in [1.165, 1.54) is 0 Å². The van der Waals surface area contributed by atoms with Crippen molar-refractivity contribution >= 4 is 23.8 Å². The fraction of sp³-hybridized carbons (Fsp3) is 0.250. The van der Waals surface area contributed by atoms with Crippen molar-refractivity contribution in [2.45, 2.75) is 39.2 Å². The second-order valence-electron chi connectivity index (χ2n) is 7.85. The zero-order chi connectivity index (χ0) is 24.3. The number of aliphatic imine (C=N–C) groups is 1. The lowest BCUT2D eigenvalue weighted by atomic mass is 10.1. The van der Waals surface area contributed by atoms with Gasteiger partial charge in [-0.05, 0) is 91.7 Å². The summed E-state index contributed by atoms with van der Waals surface area (Å²) in [6.07, 6.45) is 4.59. The molecule has 6 heteroatoms. The molecule has 0 N–H and O–H groups in total. The number of hydrogen-bond acceptors (Lipinski definition) is 6. The second-order valence-corrected chi connectivity index (χ2v) is 7.85. The standard InChI is InChI=1S/C28H29NO5/c1-4-5-6-20(2)33-27(30)22-9-13-24(14-10-22)29-19-21-7-15-26(16-8-21)34-28(31)23-11-17-25(32-3)18-12-23/h7-20H,4-6H2,1-3H3. The van der Waals surface area contributed by atoms with E-state index >= 15 is 0 Å². The number of methoxy groups -OCH3 is 1. The van der Waals surface area contributed by atoms with Crippen molar-refractivity contribution in [3.05, 3.63) is 89.5 Å². The van der Waals surface area contributed by atoms with Gasteiger partial charge in [0, 0.05) is 6.21 Å². The van der Waals surface area contributed by atoms with Crippen LogP contribution in [0.25, 0.3) is 0 Å². The molecular weight excluding hydrogens is 430 g/mol. The lowest BCUT2D eigenvalue weighted by Crippen LogP contribution is -2.14. The Hall–Kier alpha value is -3.93. The molecule has 0 fully saturated rings. The highest BCUT2D eigenvalue weighted by atomic mass is 16.5. The van der Waals surface area contributed by atoms with E-state index < -0.39 is 5.97 Å². The van der Waals surface area contributed by atoms with Gasteiger partial charge in [-0.2, -0.15) is 0 Å². The predicted molar refractivity (Wildman–Crippen MR) is 132 cm³/mol. The van der Waals surface area contributed by atoms with Crippen LogP contribution in [0.3, 0.4) is 0 Å². The van der Waals surface area contributed by atoms with Gasteiger partial charge in [-0.25, -0.2) is 9.59 Å². The van der Waals surface area contributed by atoms with Gasteiger partial charge in [0.15, 0.2) is 0 Å². The number of carbonyl (C=O) groups is 2. The van der Waals surface area contributed by atoms with Crippen LogP contribution in [-0.4, -0.2) is 31.4 Å². The van der Waals surface area contributed by atoms with Gasteiger partial charge in [0.05, 0.1) is 30.0 Å². The van der Waals surface area contributed by atoms with Crippen LogP contribution in [0, 0.1) is 0 Å². The monoisotopic (exact) mass is 459 g/mol. The second kappa shape index (κ2) is 12.3. The first-order chi connectivity index (χ1) is 16.5.